The summed E-state index contributed by atoms with van der Waals surface area (Å²) in [6, 6.07) is 10.9. The van der Waals surface area contributed by atoms with Crippen LogP contribution in [0.3, 0.4) is 0 Å². The third-order valence-electron chi connectivity index (χ3n) is 4.48. The number of hydrogen-bond donors (Lipinski definition) is 4. The molecule has 0 saturated carbocycles. The van der Waals surface area contributed by atoms with Gasteiger partial charge in [-0.15, -0.1) is 0 Å². The Morgan fingerprint density at radius 3 is 2.09 bits per heavy atom. The van der Waals surface area contributed by atoms with Crippen molar-refractivity contribution >= 4 is 19.1 Å². The average Bonchev–Trinajstić information content (AvgIpc) is 3.29. The molecule has 3 amide bonds. The molecule has 0 aliphatic carbocycles. The fourth-order valence-electron chi connectivity index (χ4n) is 2.82. The van der Waals surface area contributed by atoms with Crippen LogP contribution in [0.15, 0.2) is 30.3 Å². The summed E-state index contributed by atoms with van der Waals surface area (Å²) < 4.78 is 0. The predicted octanol–water partition coefficient (Wildman–Crippen LogP) is 2.36. The first-order valence-electron chi connectivity index (χ1n) is 11.2. The van der Waals surface area contributed by atoms with E-state index in [4.69, 9.17) is 15.3 Å². The maximum Gasteiger partial charge on any atom is 0.475 e. The topological polar surface area (TPSA) is 126 Å². The molecule has 178 valence electrons. The molecule has 1 aliphatic heterocycles. The molecule has 9 heteroatoms. The number of hydrogen-bond acceptors (Lipinski definition) is 5. The predicted molar refractivity (Wildman–Crippen MR) is 127 cm³/mol. The highest BCUT2D eigenvalue weighted by molar-refractivity contribution is 6.43. The Kier molecular flexibility index (Phi) is 15.7. The molecule has 1 heterocycles. The average molecular weight is 446 g/mol. The molecule has 1 saturated heterocycles. The Labute approximate surface area is 193 Å². The van der Waals surface area contributed by atoms with Crippen molar-refractivity contribution in [2.75, 3.05) is 20.1 Å². The van der Waals surface area contributed by atoms with Crippen molar-refractivity contribution < 1.29 is 19.6 Å². The molecular formula is C23H39BN4O4. The van der Waals surface area contributed by atoms with Crippen LogP contribution in [0.1, 0.15) is 52.5 Å². The van der Waals surface area contributed by atoms with E-state index < -0.39 is 25.0 Å². The van der Waals surface area contributed by atoms with Crippen LogP contribution in [0.25, 0.3) is 0 Å². The lowest BCUT2D eigenvalue weighted by molar-refractivity contribution is -0.132. The van der Waals surface area contributed by atoms with Crippen molar-refractivity contribution in [1.29, 1.82) is 5.26 Å². The number of nitrogens with zero attached hydrogens (tertiary/aromatic N) is 2. The Balaban J connectivity index is 0.000000529. The zero-order chi connectivity index (χ0) is 24.5. The van der Waals surface area contributed by atoms with Crippen LogP contribution < -0.4 is 10.6 Å². The number of nitriles is 1. The SMILES string of the molecule is CC(C)C.CCC(C#N)C(=O)N1CCCC1.CNC(=O)NC(Cc1ccccc1)B(O)O. The molecule has 0 spiro atoms. The van der Waals surface area contributed by atoms with Gasteiger partial charge >= 0.3 is 13.1 Å². The van der Waals surface area contributed by atoms with E-state index in [-0.39, 0.29) is 5.91 Å². The van der Waals surface area contributed by atoms with Gasteiger partial charge in [0.1, 0.15) is 5.92 Å². The van der Waals surface area contributed by atoms with Gasteiger partial charge < -0.3 is 25.6 Å². The van der Waals surface area contributed by atoms with Crippen LogP contribution in [-0.4, -0.2) is 60.1 Å². The fraction of sp³-hybridized carbons (Fsp3) is 0.609. The number of benzene rings is 1. The highest BCUT2D eigenvalue weighted by atomic mass is 16.4. The standard InChI is InChI=1S/C10H15BN2O3.C9H14N2O.C4H10/c1-12-10(14)13-9(11(15)16)7-8-5-3-2-4-6-8;1-2-8(7-10)9(12)11-5-3-4-6-11;1-4(2)3/h2-6,9,15-16H,7H2,1H3,(H2,12,13,14);8H,2-6H2,1H3;4H,1-3H3. The zero-order valence-corrected chi connectivity index (χ0v) is 20.0. The molecule has 4 N–H and O–H groups in total. The van der Waals surface area contributed by atoms with Gasteiger partial charge in [-0.2, -0.15) is 5.26 Å². The summed E-state index contributed by atoms with van der Waals surface area (Å²) >= 11 is 0. The summed E-state index contributed by atoms with van der Waals surface area (Å²) in [7, 11) is -0.115. The molecular weight excluding hydrogens is 407 g/mol. The van der Waals surface area contributed by atoms with Gasteiger partial charge in [0.15, 0.2) is 0 Å². The minimum atomic E-state index is -1.59. The summed E-state index contributed by atoms with van der Waals surface area (Å²) in [5, 5.41) is 31.7. The smallest absolute Gasteiger partial charge is 0.426 e. The Hall–Kier alpha value is -2.57. The molecule has 1 fully saturated rings. The summed E-state index contributed by atoms with van der Waals surface area (Å²) in [5.74, 6) is -0.275. The quantitative estimate of drug-likeness (QED) is 0.499. The lowest BCUT2D eigenvalue weighted by Crippen LogP contribution is -2.50. The second-order valence-electron chi connectivity index (χ2n) is 8.29. The number of nitrogens with one attached hydrogen (secondary N) is 2. The molecule has 0 aromatic heterocycles. The van der Waals surface area contributed by atoms with E-state index in [0.29, 0.717) is 12.8 Å². The van der Waals surface area contributed by atoms with Crippen molar-refractivity contribution in [2.24, 2.45) is 11.8 Å². The van der Waals surface area contributed by atoms with Gasteiger partial charge in [-0.3, -0.25) is 4.79 Å². The third-order valence-corrected chi connectivity index (χ3v) is 4.48. The van der Waals surface area contributed by atoms with Gasteiger partial charge in [-0.25, -0.2) is 4.79 Å². The minimum Gasteiger partial charge on any atom is -0.426 e. The Morgan fingerprint density at radius 1 is 1.16 bits per heavy atom. The Bertz CT molecular complexity index is 686. The van der Waals surface area contributed by atoms with E-state index in [1.165, 1.54) is 7.05 Å². The first-order valence-corrected chi connectivity index (χ1v) is 11.2. The molecule has 0 bridgehead atoms. The van der Waals surface area contributed by atoms with Gasteiger partial charge in [0, 0.05) is 20.1 Å². The van der Waals surface area contributed by atoms with Crippen LogP contribution in [0.2, 0.25) is 0 Å². The number of rotatable bonds is 6. The van der Waals surface area contributed by atoms with Crippen LogP contribution in [0.5, 0.6) is 0 Å². The highest BCUT2D eigenvalue weighted by Gasteiger charge is 2.25. The number of carbonyl (C=O) groups excluding carboxylic acids is 2. The van der Waals surface area contributed by atoms with Gasteiger partial charge in [-0.1, -0.05) is 58.0 Å². The van der Waals surface area contributed by atoms with Gasteiger partial charge in [-0.05, 0) is 37.2 Å². The maximum absolute atomic E-state index is 11.5. The van der Waals surface area contributed by atoms with Crippen LogP contribution in [0.4, 0.5) is 4.79 Å². The van der Waals surface area contributed by atoms with Crippen LogP contribution in [0, 0.1) is 23.2 Å². The molecule has 1 aromatic carbocycles. The lowest BCUT2D eigenvalue weighted by atomic mass is 9.76. The molecule has 2 unspecified atom stereocenters. The lowest BCUT2D eigenvalue weighted by Gasteiger charge is -2.17. The highest BCUT2D eigenvalue weighted by Crippen LogP contribution is 2.13. The van der Waals surface area contributed by atoms with Crippen LogP contribution >= 0.6 is 0 Å². The van der Waals surface area contributed by atoms with Crippen molar-refractivity contribution in [1.82, 2.24) is 15.5 Å². The summed E-state index contributed by atoms with van der Waals surface area (Å²) in [4.78, 5) is 24.4. The van der Waals surface area contributed by atoms with Gasteiger partial charge in [0.2, 0.25) is 5.91 Å². The molecule has 1 aromatic rings. The monoisotopic (exact) mass is 446 g/mol. The van der Waals surface area contributed by atoms with Crippen molar-refractivity contribution in [3.8, 4) is 6.07 Å². The van der Waals surface area contributed by atoms with Crippen molar-refractivity contribution in [3.63, 3.8) is 0 Å². The summed E-state index contributed by atoms with van der Waals surface area (Å²) in [6.07, 6.45) is 3.18. The largest absolute Gasteiger partial charge is 0.475 e. The van der Waals surface area contributed by atoms with E-state index >= 15 is 0 Å². The Morgan fingerprint density at radius 2 is 1.69 bits per heavy atom. The van der Waals surface area contributed by atoms with Crippen LogP contribution in [-0.2, 0) is 11.2 Å². The third kappa shape index (κ3) is 13.0. The number of likely N-dealkylation sites (tertiary alicyclic amines) is 1. The normalized spacial score (nSPS) is 14.0. The first-order chi connectivity index (χ1) is 15.2. The minimum absolute atomic E-state index is 0.0255. The first kappa shape index (κ1) is 29.4. The van der Waals surface area contributed by atoms with E-state index in [1.54, 1.807) is 4.90 Å². The maximum atomic E-state index is 11.5. The van der Waals surface area contributed by atoms with Crippen molar-refractivity contribution in [2.45, 2.75) is 59.3 Å². The molecule has 0 radical (unpaired) electrons. The number of urea groups is 1. The van der Waals surface area contributed by atoms with E-state index in [2.05, 4.69) is 31.4 Å². The second kappa shape index (κ2) is 17.0. The van der Waals surface area contributed by atoms with E-state index in [9.17, 15) is 9.59 Å². The molecule has 2 atom stereocenters. The molecule has 2 rings (SSSR count). The zero-order valence-electron chi connectivity index (χ0n) is 20.0. The molecule has 1 aliphatic rings. The number of carbonyl (C=O) groups is 2. The summed E-state index contributed by atoms with van der Waals surface area (Å²) in [6.45, 7) is 10.1. The fourth-order valence-corrected chi connectivity index (χ4v) is 2.82. The van der Waals surface area contributed by atoms with Gasteiger partial charge in [0.05, 0.1) is 12.0 Å². The van der Waals surface area contributed by atoms with Gasteiger partial charge in [0.25, 0.3) is 0 Å². The summed E-state index contributed by atoms with van der Waals surface area (Å²) in [5.41, 5.74) is 0.928. The molecule has 32 heavy (non-hydrogen) atoms. The van der Waals surface area contributed by atoms with Crippen molar-refractivity contribution in [3.05, 3.63) is 35.9 Å². The number of amides is 3. The second-order valence-corrected chi connectivity index (χ2v) is 8.29. The van der Waals surface area contributed by atoms with E-state index in [1.807, 2.05) is 43.3 Å². The molecule has 8 nitrogen and oxygen atoms in total. The van der Waals surface area contributed by atoms with E-state index in [0.717, 1.165) is 37.4 Å².